The van der Waals surface area contributed by atoms with Gasteiger partial charge in [-0.25, -0.2) is 19.4 Å². The van der Waals surface area contributed by atoms with Crippen molar-refractivity contribution in [2.24, 2.45) is 11.5 Å². The maximum absolute atomic E-state index is 10.8. The average molecular weight is 206 g/mol. The molecule has 0 fully saturated rings. The Hall–Kier alpha value is -1.54. The molecule has 0 aromatic rings. The summed E-state index contributed by atoms with van der Waals surface area (Å²) >= 11 is 0. The number of nitrogens with zero attached hydrogens (tertiary/aromatic N) is 2. The first-order valence-electron chi connectivity index (χ1n) is 3.94. The third-order valence-corrected chi connectivity index (χ3v) is 1.23. The second-order valence-corrected chi connectivity index (χ2v) is 2.21. The molecule has 0 aromatic carbocycles. The predicted octanol–water partition coefficient (Wildman–Crippen LogP) is -1.39. The van der Waals surface area contributed by atoms with Crippen LogP contribution in [0.25, 0.3) is 0 Å². The van der Waals surface area contributed by atoms with Gasteiger partial charge in [0.2, 0.25) is 0 Å². The molecule has 0 aliphatic heterocycles. The summed E-state index contributed by atoms with van der Waals surface area (Å²) in [6.07, 6.45) is 0. The maximum Gasteiger partial charge on any atom is 0.359 e. The fourth-order valence-electron chi connectivity index (χ4n) is 0.760. The molecular weight excluding hydrogens is 192 g/mol. The van der Waals surface area contributed by atoms with E-state index < -0.39 is 12.1 Å². The Morgan fingerprint density at radius 2 is 1.93 bits per heavy atom. The fraction of sp³-hybridized carbons (Fsp3) is 0.667. The quantitative estimate of drug-likeness (QED) is 0.490. The molecule has 5 N–H and O–H groups in total. The zero-order chi connectivity index (χ0) is 11.1. The number of primary amides is 2. The summed E-state index contributed by atoms with van der Waals surface area (Å²) in [5.74, 6) is 0. The first-order chi connectivity index (χ1) is 6.54. The molecule has 0 atom stereocenters. The average Bonchev–Trinajstić information content (AvgIpc) is 2.10. The van der Waals surface area contributed by atoms with Crippen LogP contribution in [0.4, 0.5) is 9.59 Å². The fourth-order valence-corrected chi connectivity index (χ4v) is 0.760. The molecule has 0 aliphatic carbocycles. The van der Waals surface area contributed by atoms with Crippen LogP contribution in [0.1, 0.15) is 6.92 Å². The molecule has 14 heavy (non-hydrogen) atoms. The van der Waals surface area contributed by atoms with Gasteiger partial charge in [0, 0.05) is 0 Å². The number of hydrogen-bond donors (Lipinski definition) is 3. The number of nitrogens with two attached hydrogens (primary N) is 2. The van der Waals surface area contributed by atoms with Gasteiger partial charge in [0.05, 0.1) is 19.8 Å². The summed E-state index contributed by atoms with van der Waals surface area (Å²) in [6.45, 7) is 1.21. The monoisotopic (exact) mass is 206 g/mol. The summed E-state index contributed by atoms with van der Waals surface area (Å²) < 4.78 is 0. The van der Waals surface area contributed by atoms with E-state index >= 15 is 0 Å². The van der Waals surface area contributed by atoms with Crippen molar-refractivity contribution < 1.29 is 19.5 Å². The highest BCUT2D eigenvalue weighted by molar-refractivity contribution is 5.77. The van der Waals surface area contributed by atoms with E-state index in [2.05, 4.69) is 0 Å². The van der Waals surface area contributed by atoms with Crippen LogP contribution < -0.4 is 11.5 Å². The topological polar surface area (TPSA) is 122 Å². The molecule has 82 valence electrons. The summed E-state index contributed by atoms with van der Waals surface area (Å²) in [6, 6.07) is -1.93. The molecule has 0 aliphatic rings. The van der Waals surface area contributed by atoms with Crippen molar-refractivity contribution >= 4 is 12.1 Å². The molecule has 0 bridgehead atoms. The van der Waals surface area contributed by atoms with Crippen LogP contribution in [-0.4, -0.2) is 47.1 Å². The van der Waals surface area contributed by atoms with Gasteiger partial charge < -0.3 is 16.6 Å². The predicted molar refractivity (Wildman–Crippen MR) is 46.4 cm³/mol. The molecule has 0 unspecified atom stereocenters. The molecule has 0 saturated carbocycles. The number of amides is 4. The highest BCUT2D eigenvalue weighted by Crippen LogP contribution is 1.98. The number of carbonyl (C=O) groups is 2. The summed E-state index contributed by atoms with van der Waals surface area (Å²) in [4.78, 5) is 26.4. The van der Waals surface area contributed by atoms with Crippen molar-refractivity contribution in [1.29, 1.82) is 0 Å². The SMILES string of the molecule is CCON(C(N)=O)N(CCO)C(N)=O. The van der Waals surface area contributed by atoms with Gasteiger partial charge in [0.1, 0.15) is 0 Å². The van der Waals surface area contributed by atoms with E-state index in [0.29, 0.717) is 10.2 Å². The van der Waals surface area contributed by atoms with Gasteiger partial charge >= 0.3 is 12.1 Å². The van der Waals surface area contributed by atoms with Gasteiger partial charge in [-0.3, -0.25) is 0 Å². The van der Waals surface area contributed by atoms with Gasteiger partial charge in [0.15, 0.2) is 0 Å². The lowest BCUT2D eigenvalue weighted by molar-refractivity contribution is -0.215. The number of aliphatic hydroxyl groups is 1. The molecule has 0 saturated heterocycles. The zero-order valence-electron chi connectivity index (χ0n) is 7.84. The molecule has 8 heteroatoms. The first kappa shape index (κ1) is 12.5. The van der Waals surface area contributed by atoms with Crippen LogP contribution in [0.3, 0.4) is 0 Å². The highest BCUT2D eigenvalue weighted by atomic mass is 16.7. The van der Waals surface area contributed by atoms with Crippen molar-refractivity contribution in [2.75, 3.05) is 19.8 Å². The van der Waals surface area contributed by atoms with E-state index in [-0.39, 0.29) is 19.8 Å². The Labute approximate surface area is 80.9 Å². The Morgan fingerprint density at radius 1 is 1.36 bits per heavy atom. The van der Waals surface area contributed by atoms with Crippen molar-refractivity contribution in [3.8, 4) is 0 Å². The lowest BCUT2D eigenvalue weighted by atomic mass is 10.6. The standard InChI is InChI=1S/C6H14N4O4/c1-2-14-10(6(8)13)9(3-4-11)5(7)12/h11H,2-4H2,1H3,(H2,7,12)(H2,8,13). The zero-order valence-corrected chi connectivity index (χ0v) is 7.84. The van der Waals surface area contributed by atoms with Gasteiger partial charge in [0.25, 0.3) is 0 Å². The van der Waals surface area contributed by atoms with E-state index in [9.17, 15) is 9.59 Å². The van der Waals surface area contributed by atoms with Gasteiger partial charge in [-0.05, 0) is 6.92 Å². The number of hydrazine groups is 1. The van der Waals surface area contributed by atoms with Crippen LogP contribution in [0.5, 0.6) is 0 Å². The van der Waals surface area contributed by atoms with Gasteiger partial charge in [-0.15, -0.1) is 0 Å². The van der Waals surface area contributed by atoms with Gasteiger partial charge in [-0.2, -0.15) is 0 Å². The molecular formula is C6H14N4O4. The number of hydroxylamine groups is 1. The molecule has 8 nitrogen and oxygen atoms in total. The van der Waals surface area contributed by atoms with Crippen LogP contribution in [0, 0.1) is 0 Å². The van der Waals surface area contributed by atoms with E-state index in [1.165, 1.54) is 0 Å². The molecule has 0 rings (SSSR count). The second kappa shape index (κ2) is 6.00. The Bertz CT molecular complexity index is 188. The Morgan fingerprint density at radius 3 is 2.21 bits per heavy atom. The van der Waals surface area contributed by atoms with Gasteiger partial charge in [-0.1, -0.05) is 5.17 Å². The summed E-state index contributed by atoms with van der Waals surface area (Å²) in [5, 5.41) is 9.81. The lowest BCUT2D eigenvalue weighted by Gasteiger charge is -2.29. The van der Waals surface area contributed by atoms with Crippen LogP contribution in [0.2, 0.25) is 0 Å². The molecule has 4 amide bonds. The van der Waals surface area contributed by atoms with E-state index in [0.717, 1.165) is 0 Å². The van der Waals surface area contributed by atoms with E-state index in [4.69, 9.17) is 21.4 Å². The number of aliphatic hydroxyl groups excluding tert-OH is 1. The van der Waals surface area contributed by atoms with Crippen LogP contribution in [0.15, 0.2) is 0 Å². The maximum atomic E-state index is 10.8. The second-order valence-electron chi connectivity index (χ2n) is 2.21. The first-order valence-corrected chi connectivity index (χ1v) is 3.94. The smallest absolute Gasteiger partial charge is 0.359 e. The van der Waals surface area contributed by atoms with Crippen LogP contribution >= 0.6 is 0 Å². The minimum Gasteiger partial charge on any atom is -0.394 e. The number of hydrogen-bond acceptors (Lipinski definition) is 4. The van der Waals surface area contributed by atoms with Crippen molar-refractivity contribution in [3.63, 3.8) is 0 Å². The lowest BCUT2D eigenvalue weighted by Crippen LogP contribution is -2.54. The summed E-state index contributed by atoms with van der Waals surface area (Å²) in [7, 11) is 0. The van der Waals surface area contributed by atoms with Crippen LogP contribution in [-0.2, 0) is 4.84 Å². The van der Waals surface area contributed by atoms with Crippen molar-refractivity contribution in [2.45, 2.75) is 6.92 Å². The number of carbonyl (C=O) groups excluding carboxylic acids is 2. The third kappa shape index (κ3) is 3.46. The van der Waals surface area contributed by atoms with E-state index in [1.54, 1.807) is 6.92 Å². The molecule has 0 radical (unpaired) electrons. The molecule has 0 aromatic heterocycles. The van der Waals surface area contributed by atoms with Crippen molar-refractivity contribution in [3.05, 3.63) is 0 Å². The molecule has 0 heterocycles. The normalized spacial score (nSPS) is 9.57. The minimum absolute atomic E-state index is 0.137. The molecule has 0 spiro atoms. The minimum atomic E-state index is -0.987. The number of rotatable bonds is 4. The van der Waals surface area contributed by atoms with E-state index in [1.807, 2.05) is 0 Å². The Balaban J connectivity index is 4.54. The highest BCUT2D eigenvalue weighted by Gasteiger charge is 2.22. The largest absolute Gasteiger partial charge is 0.394 e. The Kier molecular flexibility index (Phi) is 5.34. The third-order valence-electron chi connectivity index (χ3n) is 1.23. The number of urea groups is 2. The summed E-state index contributed by atoms with van der Waals surface area (Å²) in [5.41, 5.74) is 9.86. The van der Waals surface area contributed by atoms with Crippen molar-refractivity contribution in [1.82, 2.24) is 10.2 Å².